The molecule has 4 rings (SSSR count). The molecule has 0 saturated heterocycles. The average Bonchev–Trinajstić information content (AvgIpc) is 3.02. The average molecular weight is 632 g/mol. The van der Waals surface area contributed by atoms with Crippen molar-refractivity contribution in [2.75, 3.05) is 10.8 Å². The summed E-state index contributed by atoms with van der Waals surface area (Å²) in [6, 6.07) is 30.5. The maximum Gasteiger partial charge on any atom is 0.264 e. The van der Waals surface area contributed by atoms with Crippen molar-refractivity contribution in [3.63, 3.8) is 0 Å². The molecule has 230 valence electrons. The number of carbonyl (C=O) groups excluding carboxylic acids is 2. The first-order valence-electron chi connectivity index (χ1n) is 14.6. The van der Waals surface area contributed by atoms with E-state index in [-0.39, 0.29) is 35.5 Å². The molecule has 0 saturated carbocycles. The van der Waals surface area contributed by atoms with E-state index in [2.05, 4.69) is 5.32 Å². The number of sulfonamides is 1. The Labute approximate surface area is 265 Å². The van der Waals surface area contributed by atoms with Gasteiger partial charge in [0.25, 0.3) is 10.0 Å². The van der Waals surface area contributed by atoms with E-state index in [4.69, 9.17) is 11.6 Å². The number of hydrogen-bond acceptors (Lipinski definition) is 4. The standard InChI is InChI=1S/C35H38ClN3O4S/c1-4-27(3)37-35(41)33(23-28-13-7-5-8-14-28)38(24-29-15-11-12-26(2)22-29)34(40)25-39(31-20-18-30(36)19-21-31)44(42,43)32-16-9-6-10-17-32/h5-22,27,33H,4,23-25H2,1-3H3,(H,37,41). The molecule has 0 aromatic heterocycles. The van der Waals surface area contributed by atoms with Crippen LogP contribution in [-0.2, 0) is 32.6 Å². The third-order valence-electron chi connectivity index (χ3n) is 7.43. The van der Waals surface area contributed by atoms with Gasteiger partial charge in [0.15, 0.2) is 0 Å². The highest BCUT2D eigenvalue weighted by molar-refractivity contribution is 7.92. The summed E-state index contributed by atoms with van der Waals surface area (Å²) >= 11 is 6.13. The summed E-state index contributed by atoms with van der Waals surface area (Å²) in [5.41, 5.74) is 3.00. The third kappa shape index (κ3) is 8.49. The Bertz CT molecular complexity index is 1650. The van der Waals surface area contributed by atoms with Crippen LogP contribution >= 0.6 is 11.6 Å². The van der Waals surface area contributed by atoms with E-state index in [0.29, 0.717) is 5.02 Å². The highest BCUT2D eigenvalue weighted by atomic mass is 35.5. The molecular weight excluding hydrogens is 594 g/mol. The quantitative estimate of drug-likeness (QED) is 0.185. The Hall–Kier alpha value is -4.14. The van der Waals surface area contributed by atoms with Crippen LogP contribution in [0.2, 0.25) is 5.02 Å². The van der Waals surface area contributed by atoms with Crippen LogP contribution in [0.1, 0.15) is 37.0 Å². The Kier molecular flexibility index (Phi) is 11.2. The molecule has 1 N–H and O–H groups in total. The maximum absolute atomic E-state index is 14.5. The van der Waals surface area contributed by atoms with Gasteiger partial charge in [-0.25, -0.2) is 8.42 Å². The topological polar surface area (TPSA) is 86.8 Å². The number of rotatable bonds is 13. The van der Waals surface area contributed by atoms with Crippen molar-refractivity contribution in [2.45, 2.75) is 57.1 Å². The van der Waals surface area contributed by atoms with Gasteiger partial charge in [-0.2, -0.15) is 0 Å². The summed E-state index contributed by atoms with van der Waals surface area (Å²) < 4.78 is 29.1. The molecule has 2 amide bonds. The summed E-state index contributed by atoms with van der Waals surface area (Å²) in [5, 5.41) is 3.48. The van der Waals surface area contributed by atoms with Crippen LogP contribution in [0.3, 0.4) is 0 Å². The van der Waals surface area contributed by atoms with Crippen LogP contribution < -0.4 is 9.62 Å². The number of aryl methyl sites for hydroxylation is 1. The van der Waals surface area contributed by atoms with Crippen molar-refractivity contribution in [2.24, 2.45) is 0 Å². The van der Waals surface area contributed by atoms with Crippen LogP contribution in [0.15, 0.2) is 114 Å². The third-order valence-corrected chi connectivity index (χ3v) is 9.47. The van der Waals surface area contributed by atoms with E-state index in [0.717, 1.165) is 27.4 Å². The fourth-order valence-electron chi connectivity index (χ4n) is 4.86. The maximum atomic E-state index is 14.5. The summed E-state index contributed by atoms with van der Waals surface area (Å²) in [6.45, 7) is 5.45. The molecule has 0 aliphatic carbocycles. The van der Waals surface area contributed by atoms with Crippen molar-refractivity contribution in [1.82, 2.24) is 10.2 Å². The van der Waals surface area contributed by atoms with Crippen molar-refractivity contribution < 1.29 is 18.0 Å². The SMILES string of the molecule is CCC(C)NC(=O)C(Cc1ccccc1)N(Cc1cccc(C)c1)C(=O)CN(c1ccc(Cl)cc1)S(=O)(=O)c1ccccc1. The fraction of sp³-hybridized carbons (Fsp3) is 0.257. The Balaban J connectivity index is 1.80. The van der Waals surface area contributed by atoms with Gasteiger partial charge in [0, 0.05) is 24.0 Å². The Morgan fingerprint density at radius 1 is 0.841 bits per heavy atom. The summed E-state index contributed by atoms with van der Waals surface area (Å²) in [6.07, 6.45) is 0.975. The molecule has 9 heteroatoms. The molecule has 0 bridgehead atoms. The molecule has 4 aromatic rings. The zero-order valence-electron chi connectivity index (χ0n) is 25.2. The first-order valence-corrected chi connectivity index (χ1v) is 16.4. The van der Waals surface area contributed by atoms with E-state index in [1.54, 1.807) is 42.5 Å². The van der Waals surface area contributed by atoms with Gasteiger partial charge in [-0.15, -0.1) is 0 Å². The lowest BCUT2D eigenvalue weighted by molar-refractivity contribution is -0.140. The van der Waals surface area contributed by atoms with E-state index in [1.165, 1.54) is 17.0 Å². The van der Waals surface area contributed by atoms with Crippen LogP contribution in [-0.4, -0.2) is 43.8 Å². The minimum Gasteiger partial charge on any atom is -0.352 e. The van der Waals surface area contributed by atoms with Gasteiger partial charge in [0.2, 0.25) is 11.8 Å². The molecule has 0 heterocycles. The van der Waals surface area contributed by atoms with Gasteiger partial charge < -0.3 is 10.2 Å². The number of amides is 2. The van der Waals surface area contributed by atoms with Crippen molar-refractivity contribution in [3.05, 3.63) is 131 Å². The van der Waals surface area contributed by atoms with Crippen molar-refractivity contribution in [3.8, 4) is 0 Å². The number of hydrogen-bond donors (Lipinski definition) is 1. The van der Waals surface area contributed by atoms with E-state index >= 15 is 0 Å². The number of carbonyl (C=O) groups is 2. The van der Waals surface area contributed by atoms with Gasteiger partial charge in [-0.3, -0.25) is 13.9 Å². The molecule has 44 heavy (non-hydrogen) atoms. The molecular formula is C35H38ClN3O4S. The minimum atomic E-state index is -4.16. The summed E-state index contributed by atoms with van der Waals surface area (Å²) in [5.74, 6) is -0.811. The molecule has 0 fully saturated rings. The van der Waals surface area contributed by atoms with Crippen LogP contribution in [0.5, 0.6) is 0 Å². The van der Waals surface area contributed by atoms with Crippen molar-refractivity contribution in [1.29, 1.82) is 0 Å². The zero-order chi connectivity index (χ0) is 31.7. The normalized spacial score (nSPS) is 12.6. The predicted octanol–water partition coefficient (Wildman–Crippen LogP) is 6.40. The Morgan fingerprint density at radius 2 is 1.45 bits per heavy atom. The zero-order valence-corrected chi connectivity index (χ0v) is 26.8. The molecule has 0 radical (unpaired) electrons. The smallest absolute Gasteiger partial charge is 0.264 e. The second-order valence-electron chi connectivity index (χ2n) is 10.8. The van der Waals surface area contributed by atoms with Crippen LogP contribution in [0, 0.1) is 6.92 Å². The molecule has 2 atom stereocenters. The second kappa shape index (κ2) is 15.0. The van der Waals surface area contributed by atoms with Gasteiger partial charge in [-0.05, 0) is 67.8 Å². The number of nitrogens with one attached hydrogen (secondary N) is 1. The molecule has 0 aliphatic rings. The molecule has 2 unspecified atom stereocenters. The lowest BCUT2D eigenvalue weighted by Crippen LogP contribution is -2.54. The molecule has 7 nitrogen and oxygen atoms in total. The van der Waals surface area contributed by atoms with Gasteiger partial charge in [-0.1, -0.05) is 96.9 Å². The predicted molar refractivity (Wildman–Crippen MR) is 176 cm³/mol. The fourth-order valence-corrected chi connectivity index (χ4v) is 6.42. The largest absolute Gasteiger partial charge is 0.352 e. The minimum absolute atomic E-state index is 0.0448. The first kappa shape index (κ1) is 32.8. The summed E-state index contributed by atoms with van der Waals surface area (Å²) in [4.78, 5) is 29.9. The van der Waals surface area contributed by atoms with E-state index in [9.17, 15) is 18.0 Å². The van der Waals surface area contributed by atoms with Crippen molar-refractivity contribution >= 4 is 39.1 Å². The highest BCUT2D eigenvalue weighted by Gasteiger charge is 2.35. The van der Waals surface area contributed by atoms with E-state index < -0.39 is 28.5 Å². The monoisotopic (exact) mass is 631 g/mol. The summed E-state index contributed by atoms with van der Waals surface area (Å²) in [7, 11) is -4.16. The van der Waals surface area contributed by atoms with Gasteiger partial charge >= 0.3 is 0 Å². The number of anilines is 1. The van der Waals surface area contributed by atoms with E-state index in [1.807, 2.05) is 75.4 Å². The van der Waals surface area contributed by atoms with Gasteiger partial charge in [0.05, 0.1) is 10.6 Å². The first-order chi connectivity index (χ1) is 21.1. The molecule has 4 aromatic carbocycles. The number of halogens is 1. The Morgan fingerprint density at radius 3 is 2.07 bits per heavy atom. The molecule has 0 aliphatic heterocycles. The van der Waals surface area contributed by atoms with Gasteiger partial charge in [0.1, 0.15) is 12.6 Å². The van der Waals surface area contributed by atoms with Crippen LogP contribution in [0.25, 0.3) is 0 Å². The second-order valence-corrected chi connectivity index (χ2v) is 13.1. The lowest BCUT2D eigenvalue weighted by Gasteiger charge is -2.34. The van der Waals surface area contributed by atoms with Crippen LogP contribution in [0.4, 0.5) is 5.69 Å². The number of benzene rings is 4. The highest BCUT2D eigenvalue weighted by Crippen LogP contribution is 2.26. The lowest BCUT2D eigenvalue weighted by atomic mass is 10.0. The molecule has 0 spiro atoms. The number of nitrogens with zero attached hydrogens (tertiary/aromatic N) is 2.